The highest BCUT2D eigenvalue weighted by Crippen LogP contribution is 2.23. The van der Waals surface area contributed by atoms with Crippen LogP contribution in [0.5, 0.6) is 0 Å². The first-order chi connectivity index (χ1) is 4.74. The van der Waals surface area contributed by atoms with Crippen LogP contribution >= 0.6 is 0 Å². The summed E-state index contributed by atoms with van der Waals surface area (Å²) in [6.07, 6.45) is 1.71. The monoisotopic (exact) mass is 142 g/mol. The zero-order valence-electron chi connectivity index (χ0n) is 5.62. The van der Waals surface area contributed by atoms with Crippen LogP contribution in [0, 0.1) is 5.92 Å². The lowest BCUT2D eigenvalue weighted by molar-refractivity contribution is -0.155. The quantitative estimate of drug-likeness (QED) is 0.449. The molecule has 0 saturated carbocycles. The molecule has 56 valence electrons. The van der Waals surface area contributed by atoms with E-state index in [1.54, 1.807) is 6.08 Å². The van der Waals surface area contributed by atoms with Gasteiger partial charge in [-0.2, -0.15) is 0 Å². The Morgan fingerprint density at radius 1 is 1.90 bits per heavy atom. The van der Waals surface area contributed by atoms with E-state index >= 15 is 0 Å². The van der Waals surface area contributed by atoms with E-state index < -0.39 is 6.29 Å². The molecule has 0 aromatic rings. The maximum atomic E-state index is 10.5. The molecular formula is C7H10O3. The number of aliphatic hydroxyl groups is 1. The third-order valence-corrected chi connectivity index (χ3v) is 1.55. The van der Waals surface area contributed by atoms with Gasteiger partial charge in [0.1, 0.15) is 0 Å². The predicted octanol–water partition coefficient (Wildman–Crippen LogP) is 0.444. The van der Waals surface area contributed by atoms with Gasteiger partial charge in [-0.25, -0.2) is 0 Å². The van der Waals surface area contributed by atoms with Crippen molar-refractivity contribution in [2.45, 2.75) is 19.1 Å². The van der Waals surface area contributed by atoms with Crippen LogP contribution in [0.3, 0.4) is 0 Å². The van der Waals surface area contributed by atoms with Crippen LogP contribution in [0.15, 0.2) is 12.7 Å². The Hall–Kier alpha value is -0.830. The standard InChI is InChI=1S/C7H10O3/c1-2-3-5-4-6(8)10-7(5)9/h2,5,7,9H,1,3-4H2/t5?,7-/m0/s1. The number of cyclic esters (lactones) is 1. The maximum Gasteiger partial charge on any atom is 0.308 e. The summed E-state index contributed by atoms with van der Waals surface area (Å²) in [4.78, 5) is 10.5. The molecule has 0 amide bonds. The zero-order valence-corrected chi connectivity index (χ0v) is 5.62. The minimum absolute atomic E-state index is 0.0787. The van der Waals surface area contributed by atoms with Crippen molar-refractivity contribution in [1.82, 2.24) is 0 Å². The van der Waals surface area contributed by atoms with E-state index in [0.717, 1.165) is 0 Å². The Morgan fingerprint density at radius 3 is 3.00 bits per heavy atom. The molecule has 1 N–H and O–H groups in total. The van der Waals surface area contributed by atoms with Crippen molar-refractivity contribution in [3.8, 4) is 0 Å². The van der Waals surface area contributed by atoms with Crippen molar-refractivity contribution in [1.29, 1.82) is 0 Å². The molecule has 1 unspecified atom stereocenters. The second kappa shape index (κ2) is 2.84. The summed E-state index contributed by atoms with van der Waals surface area (Å²) >= 11 is 0. The van der Waals surface area contributed by atoms with Crippen molar-refractivity contribution in [2.75, 3.05) is 0 Å². The highest BCUT2D eigenvalue weighted by molar-refractivity contribution is 5.71. The molecule has 0 bridgehead atoms. The van der Waals surface area contributed by atoms with Gasteiger partial charge < -0.3 is 9.84 Å². The molecule has 0 aromatic heterocycles. The molecular weight excluding hydrogens is 132 g/mol. The Bertz CT molecular complexity index is 153. The molecule has 0 radical (unpaired) electrons. The topological polar surface area (TPSA) is 46.5 Å². The summed E-state index contributed by atoms with van der Waals surface area (Å²) in [7, 11) is 0. The van der Waals surface area contributed by atoms with E-state index in [9.17, 15) is 4.79 Å². The number of allylic oxidation sites excluding steroid dienone is 1. The molecule has 1 aliphatic rings. The van der Waals surface area contributed by atoms with Gasteiger partial charge >= 0.3 is 5.97 Å². The van der Waals surface area contributed by atoms with Gasteiger partial charge in [0.15, 0.2) is 0 Å². The minimum Gasteiger partial charge on any atom is -0.436 e. The van der Waals surface area contributed by atoms with Crippen molar-refractivity contribution < 1.29 is 14.6 Å². The first kappa shape index (κ1) is 7.28. The summed E-state index contributed by atoms with van der Waals surface area (Å²) in [6, 6.07) is 0. The summed E-state index contributed by atoms with van der Waals surface area (Å²) in [5, 5.41) is 9.00. The lowest BCUT2D eigenvalue weighted by Crippen LogP contribution is -2.13. The summed E-state index contributed by atoms with van der Waals surface area (Å²) in [6.45, 7) is 3.51. The van der Waals surface area contributed by atoms with Gasteiger partial charge in [0, 0.05) is 5.92 Å². The van der Waals surface area contributed by atoms with E-state index in [1.165, 1.54) is 0 Å². The highest BCUT2D eigenvalue weighted by Gasteiger charge is 2.31. The molecule has 3 heteroatoms. The molecule has 10 heavy (non-hydrogen) atoms. The average molecular weight is 142 g/mol. The maximum absolute atomic E-state index is 10.5. The van der Waals surface area contributed by atoms with Crippen LogP contribution < -0.4 is 0 Å². The minimum atomic E-state index is -0.912. The van der Waals surface area contributed by atoms with E-state index in [1.807, 2.05) is 0 Å². The first-order valence-corrected chi connectivity index (χ1v) is 3.22. The van der Waals surface area contributed by atoms with Gasteiger partial charge in [-0.1, -0.05) is 6.08 Å². The number of esters is 1. The molecule has 1 aliphatic heterocycles. The Balaban J connectivity index is 2.45. The third kappa shape index (κ3) is 1.36. The van der Waals surface area contributed by atoms with Crippen molar-refractivity contribution in [3.63, 3.8) is 0 Å². The van der Waals surface area contributed by atoms with E-state index in [-0.39, 0.29) is 11.9 Å². The second-order valence-corrected chi connectivity index (χ2v) is 2.37. The van der Waals surface area contributed by atoms with Crippen LogP contribution in [0.4, 0.5) is 0 Å². The molecule has 3 nitrogen and oxygen atoms in total. The molecule has 2 atom stereocenters. The first-order valence-electron chi connectivity index (χ1n) is 3.22. The van der Waals surface area contributed by atoms with E-state index in [2.05, 4.69) is 11.3 Å². The van der Waals surface area contributed by atoms with E-state index in [0.29, 0.717) is 12.8 Å². The molecule has 0 aromatic carbocycles. The highest BCUT2D eigenvalue weighted by atomic mass is 16.6. The van der Waals surface area contributed by atoms with Crippen LogP contribution in [-0.4, -0.2) is 17.4 Å². The number of carbonyl (C=O) groups excluding carboxylic acids is 1. The Labute approximate surface area is 59.3 Å². The smallest absolute Gasteiger partial charge is 0.308 e. The lowest BCUT2D eigenvalue weighted by Gasteiger charge is -2.07. The average Bonchev–Trinajstić information content (AvgIpc) is 2.13. The van der Waals surface area contributed by atoms with Gasteiger partial charge in [-0.05, 0) is 6.42 Å². The molecule has 1 heterocycles. The van der Waals surface area contributed by atoms with Crippen molar-refractivity contribution >= 4 is 5.97 Å². The molecule has 1 saturated heterocycles. The molecule has 0 spiro atoms. The van der Waals surface area contributed by atoms with Gasteiger partial charge in [0.2, 0.25) is 6.29 Å². The molecule has 1 fully saturated rings. The van der Waals surface area contributed by atoms with Gasteiger partial charge in [0.25, 0.3) is 0 Å². The van der Waals surface area contributed by atoms with Crippen molar-refractivity contribution in [3.05, 3.63) is 12.7 Å². The summed E-state index contributed by atoms with van der Waals surface area (Å²) in [5.74, 6) is -0.399. The van der Waals surface area contributed by atoms with Crippen LogP contribution in [0.1, 0.15) is 12.8 Å². The van der Waals surface area contributed by atoms with Crippen LogP contribution in [0.25, 0.3) is 0 Å². The van der Waals surface area contributed by atoms with Gasteiger partial charge in [-0.3, -0.25) is 4.79 Å². The predicted molar refractivity (Wildman–Crippen MR) is 35.0 cm³/mol. The lowest BCUT2D eigenvalue weighted by atomic mass is 10.0. The van der Waals surface area contributed by atoms with Crippen LogP contribution in [0.2, 0.25) is 0 Å². The second-order valence-electron chi connectivity index (χ2n) is 2.37. The normalized spacial score (nSPS) is 31.9. The molecule has 1 rings (SSSR count). The van der Waals surface area contributed by atoms with Gasteiger partial charge in [0.05, 0.1) is 6.42 Å². The number of hydrogen-bond acceptors (Lipinski definition) is 3. The number of aliphatic hydroxyl groups excluding tert-OH is 1. The largest absolute Gasteiger partial charge is 0.436 e. The number of rotatable bonds is 2. The third-order valence-electron chi connectivity index (χ3n) is 1.55. The SMILES string of the molecule is C=CCC1CC(=O)O[C@@H]1O. The van der Waals surface area contributed by atoms with Crippen molar-refractivity contribution in [2.24, 2.45) is 5.92 Å². The number of hydrogen-bond donors (Lipinski definition) is 1. The summed E-state index contributed by atoms with van der Waals surface area (Å²) in [5.41, 5.74) is 0. The Morgan fingerprint density at radius 2 is 2.60 bits per heavy atom. The summed E-state index contributed by atoms with van der Waals surface area (Å²) < 4.78 is 4.50. The fraction of sp³-hybridized carbons (Fsp3) is 0.571. The number of carbonyl (C=O) groups is 1. The van der Waals surface area contributed by atoms with Crippen LogP contribution in [-0.2, 0) is 9.53 Å². The fourth-order valence-corrected chi connectivity index (χ4v) is 1.01. The number of ether oxygens (including phenoxy) is 1. The van der Waals surface area contributed by atoms with Gasteiger partial charge in [-0.15, -0.1) is 6.58 Å². The molecule has 0 aliphatic carbocycles. The van der Waals surface area contributed by atoms with E-state index in [4.69, 9.17) is 5.11 Å². The zero-order chi connectivity index (χ0) is 7.56. The fourth-order valence-electron chi connectivity index (χ4n) is 1.01. The Kier molecular flexibility index (Phi) is 2.06.